The SMILES string of the molecule is Cc1cccnc1NC(=O)CCCN1C(=O)c2ccccc2N2C(=O)CCC12C. The van der Waals surface area contributed by atoms with Gasteiger partial charge in [-0.05, 0) is 50.5 Å². The highest BCUT2D eigenvalue weighted by Crippen LogP contribution is 2.44. The molecule has 1 aromatic carbocycles. The van der Waals surface area contributed by atoms with Gasteiger partial charge in [0.15, 0.2) is 0 Å². The first-order chi connectivity index (χ1) is 13.9. The molecule has 1 aromatic heterocycles. The molecule has 29 heavy (non-hydrogen) atoms. The lowest BCUT2D eigenvalue weighted by Crippen LogP contribution is -2.62. The van der Waals surface area contributed by atoms with Gasteiger partial charge in [-0.3, -0.25) is 19.3 Å². The number of aromatic nitrogens is 1. The number of hydrogen-bond acceptors (Lipinski definition) is 4. The summed E-state index contributed by atoms with van der Waals surface area (Å²) in [6.45, 7) is 4.23. The number of carbonyl (C=O) groups is 3. The van der Waals surface area contributed by atoms with E-state index in [0.29, 0.717) is 42.9 Å². The number of fused-ring (bicyclic) bond motifs is 3. The summed E-state index contributed by atoms with van der Waals surface area (Å²) in [5.41, 5.74) is 1.43. The van der Waals surface area contributed by atoms with Crippen LogP contribution in [0.25, 0.3) is 0 Å². The topological polar surface area (TPSA) is 82.6 Å². The number of nitrogens with zero attached hydrogens (tertiary/aromatic N) is 3. The Kier molecular flexibility index (Phi) is 4.82. The fourth-order valence-electron chi connectivity index (χ4n) is 4.25. The monoisotopic (exact) mass is 392 g/mol. The Morgan fingerprint density at radius 2 is 2.00 bits per heavy atom. The van der Waals surface area contributed by atoms with Crippen molar-refractivity contribution in [2.45, 2.75) is 45.2 Å². The van der Waals surface area contributed by atoms with Crippen molar-refractivity contribution in [3.05, 3.63) is 53.7 Å². The highest BCUT2D eigenvalue weighted by atomic mass is 16.2. The molecule has 1 fully saturated rings. The maximum atomic E-state index is 13.2. The van der Waals surface area contributed by atoms with Crippen LogP contribution in [0.4, 0.5) is 11.5 Å². The molecule has 3 amide bonds. The Balaban J connectivity index is 1.47. The van der Waals surface area contributed by atoms with E-state index >= 15 is 0 Å². The third-order valence-corrected chi connectivity index (χ3v) is 5.80. The summed E-state index contributed by atoms with van der Waals surface area (Å²) in [5, 5.41) is 2.82. The van der Waals surface area contributed by atoms with E-state index in [9.17, 15) is 14.4 Å². The van der Waals surface area contributed by atoms with Crippen LogP contribution in [0.3, 0.4) is 0 Å². The maximum absolute atomic E-state index is 13.2. The first-order valence-electron chi connectivity index (χ1n) is 9.87. The fraction of sp³-hybridized carbons (Fsp3) is 0.364. The van der Waals surface area contributed by atoms with Gasteiger partial charge in [-0.25, -0.2) is 4.98 Å². The molecule has 2 aromatic rings. The van der Waals surface area contributed by atoms with Gasteiger partial charge in [0.2, 0.25) is 11.8 Å². The summed E-state index contributed by atoms with van der Waals surface area (Å²) in [7, 11) is 0. The number of benzene rings is 1. The van der Waals surface area contributed by atoms with Crippen LogP contribution in [-0.4, -0.2) is 39.8 Å². The molecule has 4 rings (SSSR count). The van der Waals surface area contributed by atoms with E-state index in [2.05, 4.69) is 10.3 Å². The quantitative estimate of drug-likeness (QED) is 0.848. The second-order valence-corrected chi connectivity index (χ2v) is 7.74. The van der Waals surface area contributed by atoms with Crippen molar-refractivity contribution in [3.8, 4) is 0 Å². The predicted molar refractivity (Wildman–Crippen MR) is 109 cm³/mol. The van der Waals surface area contributed by atoms with Gasteiger partial charge in [0.25, 0.3) is 5.91 Å². The molecule has 7 heteroatoms. The molecule has 0 bridgehead atoms. The van der Waals surface area contributed by atoms with Crippen LogP contribution in [0, 0.1) is 6.92 Å². The Labute approximate surface area is 169 Å². The van der Waals surface area contributed by atoms with Crippen molar-refractivity contribution in [1.29, 1.82) is 0 Å². The van der Waals surface area contributed by atoms with Crippen LogP contribution in [0.5, 0.6) is 0 Å². The Morgan fingerprint density at radius 3 is 2.79 bits per heavy atom. The number of pyridine rings is 1. The number of aryl methyl sites for hydroxylation is 1. The first-order valence-corrected chi connectivity index (χ1v) is 9.87. The standard InChI is InChI=1S/C22H24N4O3/c1-15-7-5-13-23-20(15)24-18(27)10-6-14-25-21(29)16-8-3-4-9-17(16)26-19(28)11-12-22(25,26)2/h3-5,7-9,13H,6,10-12,14H2,1-2H3,(H,23,24,27). The zero-order valence-electron chi connectivity index (χ0n) is 16.6. The van der Waals surface area contributed by atoms with Gasteiger partial charge in [-0.2, -0.15) is 0 Å². The number of carbonyl (C=O) groups excluding carboxylic acids is 3. The molecule has 2 aliphatic heterocycles. The minimum atomic E-state index is -0.684. The van der Waals surface area contributed by atoms with E-state index in [1.807, 2.05) is 38.1 Å². The van der Waals surface area contributed by atoms with Crippen LogP contribution in [-0.2, 0) is 9.59 Å². The van der Waals surface area contributed by atoms with E-state index < -0.39 is 5.66 Å². The molecular weight excluding hydrogens is 368 g/mol. The number of para-hydroxylation sites is 1. The zero-order chi connectivity index (χ0) is 20.6. The Morgan fingerprint density at radius 1 is 1.21 bits per heavy atom. The molecule has 7 nitrogen and oxygen atoms in total. The van der Waals surface area contributed by atoms with Crippen LogP contribution in [0.1, 0.15) is 48.5 Å². The van der Waals surface area contributed by atoms with Crippen LogP contribution < -0.4 is 10.2 Å². The fourth-order valence-corrected chi connectivity index (χ4v) is 4.25. The molecule has 150 valence electrons. The number of amides is 3. The molecule has 1 atom stereocenters. The molecule has 2 aliphatic rings. The van der Waals surface area contributed by atoms with E-state index in [1.165, 1.54) is 0 Å². The molecule has 1 N–H and O–H groups in total. The molecule has 1 saturated heterocycles. The lowest BCUT2D eigenvalue weighted by molar-refractivity contribution is -0.118. The van der Waals surface area contributed by atoms with Gasteiger partial charge in [0.1, 0.15) is 11.5 Å². The van der Waals surface area contributed by atoms with Crippen molar-refractivity contribution < 1.29 is 14.4 Å². The Bertz CT molecular complexity index is 990. The van der Waals surface area contributed by atoms with Crippen molar-refractivity contribution in [2.75, 3.05) is 16.8 Å². The van der Waals surface area contributed by atoms with Gasteiger partial charge >= 0.3 is 0 Å². The van der Waals surface area contributed by atoms with Crippen LogP contribution >= 0.6 is 0 Å². The minimum absolute atomic E-state index is 0.0285. The Hall–Kier alpha value is -3.22. The largest absolute Gasteiger partial charge is 0.315 e. The highest BCUT2D eigenvalue weighted by Gasteiger charge is 2.52. The summed E-state index contributed by atoms with van der Waals surface area (Å²) in [6, 6.07) is 10.9. The van der Waals surface area contributed by atoms with Gasteiger partial charge in [0, 0.05) is 25.6 Å². The second kappa shape index (κ2) is 7.31. The number of anilines is 2. The van der Waals surface area contributed by atoms with Crippen molar-refractivity contribution >= 4 is 29.2 Å². The third-order valence-electron chi connectivity index (χ3n) is 5.80. The van der Waals surface area contributed by atoms with E-state index in [1.54, 1.807) is 28.1 Å². The van der Waals surface area contributed by atoms with E-state index in [4.69, 9.17) is 0 Å². The smallest absolute Gasteiger partial charge is 0.257 e. The van der Waals surface area contributed by atoms with Crippen molar-refractivity contribution in [1.82, 2.24) is 9.88 Å². The van der Waals surface area contributed by atoms with Crippen LogP contribution in [0.2, 0.25) is 0 Å². The number of hydrogen-bond donors (Lipinski definition) is 1. The molecule has 0 radical (unpaired) electrons. The van der Waals surface area contributed by atoms with Gasteiger partial charge in [0.05, 0.1) is 11.3 Å². The minimum Gasteiger partial charge on any atom is -0.315 e. The summed E-state index contributed by atoms with van der Waals surface area (Å²) in [4.78, 5) is 45.7. The van der Waals surface area contributed by atoms with E-state index in [-0.39, 0.29) is 24.1 Å². The average molecular weight is 392 g/mol. The van der Waals surface area contributed by atoms with E-state index in [0.717, 1.165) is 5.56 Å². The first kappa shape index (κ1) is 19.1. The summed E-state index contributed by atoms with van der Waals surface area (Å²) in [5.74, 6) is 0.358. The lowest BCUT2D eigenvalue weighted by atomic mass is 9.98. The number of nitrogens with one attached hydrogen (secondary N) is 1. The van der Waals surface area contributed by atoms with Gasteiger partial charge in [-0.1, -0.05) is 18.2 Å². The van der Waals surface area contributed by atoms with Crippen molar-refractivity contribution in [3.63, 3.8) is 0 Å². The van der Waals surface area contributed by atoms with Crippen LogP contribution in [0.15, 0.2) is 42.6 Å². The summed E-state index contributed by atoms with van der Waals surface area (Å²) < 4.78 is 0. The number of rotatable bonds is 5. The molecule has 1 unspecified atom stereocenters. The van der Waals surface area contributed by atoms with Crippen molar-refractivity contribution in [2.24, 2.45) is 0 Å². The zero-order valence-corrected chi connectivity index (χ0v) is 16.6. The molecule has 0 spiro atoms. The normalized spacial score (nSPS) is 20.5. The van der Waals surface area contributed by atoms with Gasteiger partial charge < -0.3 is 10.2 Å². The lowest BCUT2D eigenvalue weighted by Gasteiger charge is -2.48. The summed E-state index contributed by atoms with van der Waals surface area (Å²) >= 11 is 0. The summed E-state index contributed by atoms with van der Waals surface area (Å²) in [6.07, 6.45) is 3.41. The predicted octanol–water partition coefficient (Wildman–Crippen LogP) is 3.11. The molecule has 0 saturated carbocycles. The highest BCUT2D eigenvalue weighted by molar-refractivity contribution is 6.10. The molecule has 3 heterocycles. The third kappa shape index (κ3) is 3.26. The molecular formula is C22H24N4O3. The second-order valence-electron chi connectivity index (χ2n) is 7.74. The van der Waals surface area contributed by atoms with Gasteiger partial charge in [-0.15, -0.1) is 0 Å². The molecule has 0 aliphatic carbocycles. The maximum Gasteiger partial charge on any atom is 0.257 e. The average Bonchev–Trinajstić information content (AvgIpc) is 3.02.